The highest BCUT2D eigenvalue weighted by molar-refractivity contribution is 7.98. The molecule has 5 rings (SSSR count). The molecule has 1 saturated heterocycles. The van der Waals surface area contributed by atoms with Crippen molar-refractivity contribution < 1.29 is 14.3 Å². The van der Waals surface area contributed by atoms with Crippen LogP contribution < -0.4 is 4.74 Å². The van der Waals surface area contributed by atoms with Crippen LogP contribution >= 0.6 is 11.8 Å². The van der Waals surface area contributed by atoms with Gasteiger partial charge in [-0.25, -0.2) is 9.97 Å². The lowest BCUT2D eigenvalue weighted by Crippen LogP contribution is -2.40. The third-order valence-electron chi connectivity index (χ3n) is 5.79. The summed E-state index contributed by atoms with van der Waals surface area (Å²) in [5.74, 6) is 1.37. The third kappa shape index (κ3) is 4.19. The van der Waals surface area contributed by atoms with Gasteiger partial charge in [-0.3, -0.25) is 9.36 Å². The van der Waals surface area contributed by atoms with Crippen molar-refractivity contribution in [1.82, 2.24) is 19.4 Å². The Kier molecular flexibility index (Phi) is 6.02. The SMILES string of the molecule is COc1cccc(-c2cnc(-n3cc(SC)c4ccc(C(=O)N5CCOCC5)cc43)nc2)c1. The van der Waals surface area contributed by atoms with Gasteiger partial charge in [0.25, 0.3) is 5.91 Å². The first-order valence-electron chi connectivity index (χ1n) is 10.7. The third-order valence-corrected chi connectivity index (χ3v) is 6.56. The Labute approximate surface area is 196 Å². The van der Waals surface area contributed by atoms with Crippen LogP contribution in [0.15, 0.2) is 66.0 Å². The summed E-state index contributed by atoms with van der Waals surface area (Å²) in [6.45, 7) is 2.38. The number of benzene rings is 2. The fourth-order valence-electron chi connectivity index (χ4n) is 4.00. The minimum atomic E-state index is 0.0212. The summed E-state index contributed by atoms with van der Waals surface area (Å²) in [4.78, 5) is 25.2. The van der Waals surface area contributed by atoms with Crippen molar-refractivity contribution in [1.29, 1.82) is 0 Å². The average molecular weight is 461 g/mol. The van der Waals surface area contributed by atoms with Gasteiger partial charge in [-0.15, -0.1) is 11.8 Å². The van der Waals surface area contributed by atoms with Crippen molar-refractivity contribution in [3.63, 3.8) is 0 Å². The Bertz CT molecular complexity index is 1300. The van der Waals surface area contributed by atoms with E-state index in [1.54, 1.807) is 18.9 Å². The van der Waals surface area contributed by atoms with Crippen LogP contribution in [-0.2, 0) is 4.74 Å². The highest BCUT2D eigenvalue weighted by Crippen LogP contribution is 2.31. The van der Waals surface area contributed by atoms with E-state index < -0.39 is 0 Å². The Balaban J connectivity index is 1.52. The van der Waals surface area contributed by atoms with E-state index in [9.17, 15) is 4.79 Å². The highest BCUT2D eigenvalue weighted by Gasteiger charge is 2.20. The zero-order chi connectivity index (χ0) is 22.8. The first-order chi connectivity index (χ1) is 16.2. The van der Waals surface area contributed by atoms with E-state index in [1.165, 1.54) is 0 Å². The first-order valence-corrected chi connectivity index (χ1v) is 11.9. The van der Waals surface area contributed by atoms with Gasteiger partial charge in [0, 0.05) is 53.1 Å². The maximum absolute atomic E-state index is 13.0. The Morgan fingerprint density at radius 1 is 1.06 bits per heavy atom. The zero-order valence-corrected chi connectivity index (χ0v) is 19.3. The molecule has 0 saturated carbocycles. The molecule has 8 heteroatoms. The van der Waals surface area contributed by atoms with E-state index in [1.807, 2.05) is 76.8 Å². The number of carbonyl (C=O) groups excluding carboxylic acids is 1. The molecule has 0 spiro atoms. The minimum Gasteiger partial charge on any atom is -0.497 e. The van der Waals surface area contributed by atoms with E-state index in [2.05, 4.69) is 9.97 Å². The molecular weight excluding hydrogens is 436 g/mol. The molecule has 0 atom stereocenters. The van der Waals surface area contributed by atoms with Crippen LogP contribution in [0, 0.1) is 0 Å². The number of amides is 1. The summed E-state index contributed by atoms with van der Waals surface area (Å²) >= 11 is 1.66. The van der Waals surface area contributed by atoms with Crippen LogP contribution in [-0.4, -0.2) is 65.0 Å². The number of hydrogen-bond donors (Lipinski definition) is 0. The van der Waals surface area contributed by atoms with E-state index in [4.69, 9.17) is 9.47 Å². The van der Waals surface area contributed by atoms with Gasteiger partial charge in [0.05, 0.1) is 25.8 Å². The van der Waals surface area contributed by atoms with Crippen LogP contribution in [0.25, 0.3) is 28.0 Å². The summed E-state index contributed by atoms with van der Waals surface area (Å²) in [6, 6.07) is 13.7. The van der Waals surface area contributed by atoms with Gasteiger partial charge in [0.1, 0.15) is 5.75 Å². The predicted molar refractivity (Wildman–Crippen MR) is 129 cm³/mol. The molecule has 4 aromatic rings. The molecule has 0 aliphatic carbocycles. The van der Waals surface area contributed by atoms with Gasteiger partial charge in [-0.05, 0) is 36.1 Å². The Hall–Kier alpha value is -3.36. The molecule has 33 heavy (non-hydrogen) atoms. The lowest BCUT2D eigenvalue weighted by Gasteiger charge is -2.26. The molecule has 1 fully saturated rings. The second-order valence-electron chi connectivity index (χ2n) is 7.71. The van der Waals surface area contributed by atoms with E-state index in [0.717, 1.165) is 32.7 Å². The molecule has 168 valence electrons. The molecule has 0 unspecified atom stereocenters. The van der Waals surface area contributed by atoms with Crippen molar-refractivity contribution in [2.75, 3.05) is 39.7 Å². The number of aromatic nitrogens is 3. The highest BCUT2D eigenvalue weighted by atomic mass is 32.2. The lowest BCUT2D eigenvalue weighted by molar-refractivity contribution is 0.0303. The largest absolute Gasteiger partial charge is 0.497 e. The Morgan fingerprint density at radius 3 is 2.58 bits per heavy atom. The second kappa shape index (κ2) is 9.25. The number of nitrogens with zero attached hydrogens (tertiary/aromatic N) is 4. The molecule has 1 aliphatic rings. The summed E-state index contributed by atoms with van der Waals surface area (Å²) < 4.78 is 12.7. The number of fused-ring (bicyclic) bond motifs is 1. The number of thioether (sulfide) groups is 1. The van der Waals surface area contributed by atoms with Gasteiger partial charge >= 0.3 is 0 Å². The number of methoxy groups -OCH3 is 1. The smallest absolute Gasteiger partial charge is 0.254 e. The average Bonchev–Trinajstić information content (AvgIpc) is 3.27. The molecule has 3 heterocycles. The predicted octanol–water partition coefficient (Wildman–Crippen LogP) is 4.29. The molecule has 1 aliphatic heterocycles. The summed E-state index contributed by atoms with van der Waals surface area (Å²) in [5.41, 5.74) is 3.46. The number of ether oxygens (including phenoxy) is 2. The molecule has 0 bridgehead atoms. The molecule has 1 amide bonds. The standard InChI is InChI=1S/C25H24N4O3S/c1-31-20-5-3-4-17(12-20)19-14-26-25(27-15-19)29-16-23(33-2)21-7-6-18(13-22(21)29)24(30)28-8-10-32-11-9-28/h3-7,12-16H,8-11H2,1-2H3. The first kappa shape index (κ1) is 21.5. The molecular formula is C25H24N4O3S. The quantitative estimate of drug-likeness (QED) is 0.414. The van der Waals surface area contributed by atoms with Gasteiger partial charge < -0.3 is 14.4 Å². The van der Waals surface area contributed by atoms with Crippen LogP contribution in [0.2, 0.25) is 0 Å². The van der Waals surface area contributed by atoms with Crippen molar-refractivity contribution in [3.05, 3.63) is 66.6 Å². The number of carbonyl (C=O) groups is 1. The summed E-state index contributed by atoms with van der Waals surface area (Å²) in [6.07, 6.45) is 7.69. The topological polar surface area (TPSA) is 69.5 Å². The van der Waals surface area contributed by atoms with Gasteiger partial charge in [0.15, 0.2) is 0 Å². The normalized spacial score (nSPS) is 13.9. The second-order valence-corrected chi connectivity index (χ2v) is 8.56. The number of rotatable bonds is 5. The Morgan fingerprint density at radius 2 is 1.85 bits per heavy atom. The molecule has 0 radical (unpaired) electrons. The van der Waals surface area contributed by atoms with Gasteiger partial charge in [0.2, 0.25) is 5.95 Å². The van der Waals surface area contributed by atoms with Crippen molar-refractivity contribution in [3.8, 4) is 22.8 Å². The lowest BCUT2D eigenvalue weighted by atomic mass is 10.1. The minimum absolute atomic E-state index is 0.0212. The number of hydrogen-bond acceptors (Lipinski definition) is 6. The van der Waals surface area contributed by atoms with E-state index in [-0.39, 0.29) is 5.91 Å². The number of morpholine rings is 1. The maximum Gasteiger partial charge on any atom is 0.254 e. The van der Waals surface area contributed by atoms with E-state index in [0.29, 0.717) is 37.8 Å². The van der Waals surface area contributed by atoms with E-state index >= 15 is 0 Å². The summed E-state index contributed by atoms with van der Waals surface area (Å²) in [7, 11) is 1.65. The van der Waals surface area contributed by atoms with Crippen LogP contribution in [0.1, 0.15) is 10.4 Å². The van der Waals surface area contributed by atoms with Crippen LogP contribution in [0.4, 0.5) is 0 Å². The monoisotopic (exact) mass is 460 g/mol. The van der Waals surface area contributed by atoms with Gasteiger partial charge in [-0.1, -0.05) is 18.2 Å². The molecule has 2 aromatic heterocycles. The van der Waals surface area contributed by atoms with Crippen molar-refractivity contribution in [2.24, 2.45) is 0 Å². The molecule has 7 nitrogen and oxygen atoms in total. The maximum atomic E-state index is 13.0. The van der Waals surface area contributed by atoms with Crippen molar-refractivity contribution in [2.45, 2.75) is 4.90 Å². The zero-order valence-electron chi connectivity index (χ0n) is 18.5. The fraction of sp³-hybridized carbons (Fsp3) is 0.240. The summed E-state index contributed by atoms with van der Waals surface area (Å²) in [5, 5.41) is 1.07. The molecule has 0 N–H and O–H groups in total. The van der Waals surface area contributed by atoms with Crippen LogP contribution in [0.3, 0.4) is 0 Å². The van der Waals surface area contributed by atoms with Gasteiger partial charge in [-0.2, -0.15) is 0 Å². The fourth-order valence-corrected chi connectivity index (χ4v) is 4.61. The van der Waals surface area contributed by atoms with Crippen molar-refractivity contribution >= 4 is 28.6 Å². The molecule has 2 aromatic carbocycles. The van der Waals surface area contributed by atoms with Crippen LogP contribution in [0.5, 0.6) is 5.75 Å².